The highest BCUT2D eigenvalue weighted by atomic mass is 16.5. The van der Waals surface area contributed by atoms with Crippen molar-refractivity contribution in [2.24, 2.45) is 11.3 Å². The molecule has 0 aliphatic heterocycles. The Morgan fingerprint density at radius 1 is 1.53 bits per heavy atom. The lowest BCUT2D eigenvalue weighted by Crippen LogP contribution is -2.45. The van der Waals surface area contributed by atoms with E-state index in [9.17, 15) is 0 Å². The van der Waals surface area contributed by atoms with Gasteiger partial charge >= 0.3 is 0 Å². The molecule has 17 heavy (non-hydrogen) atoms. The average molecular weight is 240 g/mol. The largest absolute Gasteiger partial charge is 0.379 e. The first-order valence-electron chi connectivity index (χ1n) is 5.96. The van der Waals surface area contributed by atoms with Gasteiger partial charge in [-0.05, 0) is 18.4 Å². The van der Waals surface area contributed by atoms with Crippen molar-refractivity contribution in [1.82, 2.24) is 15.2 Å². The summed E-state index contributed by atoms with van der Waals surface area (Å²) in [5.41, 5.74) is 3.90. The Balaban J connectivity index is 3.05. The van der Waals surface area contributed by atoms with Crippen LogP contribution in [0, 0.1) is 5.41 Å². The van der Waals surface area contributed by atoms with E-state index in [2.05, 4.69) is 38.2 Å². The predicted molar refractivity (Wildman–Crippen MR) is 68.2 cm³/mol. The van der Waals surface area contributed by atoms with Crippen molar-refractivity contribution in [3.63, 3.8) is 0 Å². The van der Waals surface area contributed by atoms with Crippen LogP contribution in [0.2, 0.25) is 0 Å². The Labute approximate surface area is 103 Å². The number of nitrogens with zero attached hydrogens (tertiary/aromatic N) is 2. The van der Waals surface area contributed by atoms with Crippen molar-refractivity contribution < 1.29 is 4.74 Å². The molecule has 0 aliphatic carbocycles. The maximum absolute atomic E-state index is 5.69. The van der Waals surface area contributed by atoms with E-state index in [0.717, 1.165) is 12.2 Å². The third-order valence-corrected chi connectivity index (χ3v) is 2.96. The van der Waals surface area contributed by atoms with Gasteiger partial charge < -0.3 is 4.74 Å². The third kappa shape index (κ3) is 3.06. The zero-order valence-electron chi connectivity index (χ0n) is 11.4. The van der Waals surface area contributed by atoms with E-state index in [4.69, 9.17) is 10.6 Å². The highest BCUT2D eigenvalue weighted by Crippen LogP contribution is 2.31. The lowest BCUT2D eigenvalue weighted by Gasteiger charge is -2.35. The molecule has 0 fully saturated rings. The van der Waals surface area contributed by atoms with Gasteiger partial charge in [-0.25, -0.2) is 5.43 Å². The second-order valence-electron chi connectivity index (χ2n) is 5.24. The molecule has 1 rings (SSSR count). The minimum Gasteiger partial charge on any atom is -0.379 e. The van der Waals surface area contributed by atoms with Crippen LogP contribution in [0.1, 0.15) is 39.4 Å². The van der Waals surface area contributed by atoms with Gasteiger partial charge in [0.1, 0.15) is 0 Å². The summed E-state index contributed by atoms with van der Waals surface area (Å²) in [5, 5.41) is 4.27. The summed E-state index contributed by atoms with van der Waals surface area (Å²) < 4.78 is 7.54. The molecule has 1 heterocycles. The van der Waals surface area contributed by atoms with E-state index in [1.165, 1.54) is 0 Å². The molecule has 98 valence electrons. The van der Waals surface area contributed by atoms with Gasteiger partial charge in [0.05, 0.1) is 17.8 Å². The van der Waals surface area contributed by atoms with E-state index in [1.807, 2.05) is 10.7 Å². The second-order valence-corrected chi connectivity index (χ2v) is 5.24. The van der Waals surface area contributed by atoms with Gasteiger partial charge in [-0.2, -0.15) is 5.10 Å². The molecule has 1 aromatic rings. The van der Waals surface area contributed by atoms with Crippen molar-refractivity contribution >= 4 is 0 Å². The summed E-state index contributed by atoms with van der Waals surface area (Å²) in [6.07, 6.45) is 1.77. The molecule has 5 nitrogen and oxygen atoms in total. The van der Waals surface area contributed by atoms with Gasteiger partial charge in [0.15, 0.2) is 0 Å². The smallest absolute Gasteiger partial charge is 0.0895 e. The van der Waals surface area contributed by atoms with Crippen LogP contribution < -0.4 is 11.3 Å². The van der Waals surface area contributed by atoms with E-state index >= 15 is 0 Å². The van der Waals surface area contributed by atoms with Crippen LogP contribution in [0.15, 0.2) is 12.3 Å². The molecule has 2 atom stereocenters. The highest BCUT2D eigenvalue weighted by molar-refractivity contribution is 5.10. The monoisotopic (exact) mass is 240 g/mol. The number of ether oxygens (including phenoxy) is 1. The number of nitrogens with two attached hydrogens (primary N) is 1. The van der Waals surface area contributed by atoms with Crippen LogP contribution in [0.25, 0.3) is 0 Å². The molecule has 0 saturated carbocycles. The number of rotatable bonds is 5. The van der Waals surface area contributed by atoms with Crippen LogP contribution in [0.4, 0.5) is 0 Å². The van der Waals surface area contributed by atoms with Gasteiger partial charge in [0, 0.05) is 19.9 Å². The van der Waals surface area contributed by atoms with Crippen molar-refractivity contribution in [3.05, 3.63) is 18.0 Å². The van der Waals surface area contributed by atoms with Crippen molar-refractivity contribution in [1.29, 1.82) is 0 Å². The Morgan fingerprint density at radius 3 is 2.59 bits per heavy atom. The van der Waals surface area contributed by atoms with Gasteiger partial charge in [-0.15, -0.1) is 0 Å². The lowest BCUT2D eigenvalue weighted by molar-refractivity contribution is -0.0140. The summed E-state index contributed by atoms with van der Waals surface area (Å²) in [4.78, 5) is 0. The number of aryl methyl sites for hydroxylation is 1. The fourth-order valence-electron chi connectivity index (χ4n) is 2.19. The molecule has 0 spiro atoms. The fraction of sp³-hybridized carbons (Fsp3) is 0.750. The van der Waals surface area contributed by atoms with E-state index in [-0.39, 0.29) is 17.6 Å². The molecule has 0 radical (unpaired) electrons. The standard InChI is InChI=1S/C12H24N4O/c1-6-16-9(7-8-14-16)10(15-13)11(17-5)12(2,3)4/h7-8,10-11,15H,6,13H2,1-5H3. The van der Waals surface area contributed by atoms with Crippen LogP contribution in [0.5, 0.6) is 0 Å². The minimum atomic E-state index is -0.0672. The topological polar surface area (TPSA) is 65.1 Å². The molecular formula is C12H24N4O. The van der Waals surface area contributed by atoms with Gasteiger partial charge in [0.25, 0.3) is 0 Å². The Kier molecular flexibility index (Phi) is 4.68. The Bertz CT molecular complexity index is 343. The quantitative estimate of drug-likeness (QED) is 0.604. The average Bonchev–Trinajstić information content (AvgIpc) is 2.71. The van der Waals surface area contributed by atoms with Crippen molar-refractivity contribution in [2.45, 2.75) is 46.4 Å². The number of methoxy groups -OCH3 is 1. The molecule has 0 aliphatic rings. The number of hydrazine groups is 1. The summed E-state index contributed by atoms with van der Waals surface area (Å²) in [6.45, 7) is 9.29. The second kappa shape index (κ2) is 5.62. The molecule has 2 unspecified atom stereocenters. The first-order valence-corrected chi connectivity index (χ1v) is 5.96. The van der Waals surface area contributed by atoms with Gasteiger partial charge in [0.2, 0.25) is 0 Å². The minimum absolute atomic E-state index is 0.00533. The van der Waals surface area contributed by atoms with Crippen LogP contribution in [0.3, 0.4) is 0 Å². The summed E-state index contributed by atoms with van der Waals surface area (Å²) in [6, 6.07) is 1.91. The number of hydrogen-bond acceptors (Lipinski definition) is 4. The Hall–Kier alpha value is -0.910. The van der Waals surface area contributed by atoms with Crippen LogP contribution >= 0.6 is 0 Å². The molecule has 0 saturated heterocycles. The molecule has 0 amide bonds. The fourth-order valence-corrected chi connectivity index (χ4v) is 2.19. The first kappa shape index (κ1) is 14.2. The molecule has 1 aromatic heterocycles. The normalized spacial score (nSPS) is 15.9. The van der Waals surface area contributed by atoms with Crippen LogP contribution in [-0.2, 0) is 11.3 Å². The zero-order chi connectivity index (χ0) is 13.1. The lowest BCUT2D eigenvalue weighted by atomic mass is 9.83. The number of aromatic nitrogens is 2. The summed E-state index contributed by atoms with van der Waals surface area (Å²) >= 11 is 0. The predicted octanol–water partition coefficient (Wildman–Crippen LogP) is 1.47. The number of hydrogen-bond donors (Lipinski definition) is 2. The molecule has 5 heteroatoms. The maximum Gasteiger partial charge on any atom is 0.0895 e. The van der Waals surface area contributed by atoms with E-state index in [1.54, 1.807) is 13.3 Å². The maximum atomic E-state index is 5.69. The highest BCUT2D eigenvalue weighted by Gasteiger charge is 2.34. The molecule has 0 bridgehead atoms. The van der Waals surface area contributed by atoms with Crippen molar-refractivity contribution in [2.75, 3.05) is 7.11 Å². The molecule has 0 aromatic carbocycles. The number of nitrogens with one attached hydrogen (secondary N) is 1. The van der Waals surface area contributed by atoms with Gasteiger partial charge in [-0.3, -0.25) is 10.5 Å². The van der Waals surface area contributed by atoms with E-state index in [0.29, 0.717) is 0 Å². The summed E-state index contributed by atoms with van der Waals surface area (Å²) in [5.74, 6) is 5.69. The van der Waals surface area contributed by atoms with Gasteiger partial charge in [-0.1, -0.05) is 20.8 Å². The van der Waals surface area contributed by atoms with Crippen LogP contribution in [-0.4, -0.2) is 23.0 Å². The van der Waals surface area contributed by atoms with Crippen molar-refractivity contribution in [3.8, 4) is 0 Å². The first-order chi connectivity index (χ1) is 7.95. The molecular weight excluding hydrogens is 216 g/mol. The summed E-state index contributed by atoms with van der Waals surface area (Å²) in [7, 11) is 1.72. The third-order valence-electron chi connectivity index (χ3n) is 2.96. The van der Waals surface area contributed by atoms with E-state index < -0.39 is 0 Å². The SMILES string of the molecule is CCn1nccc1C(NN)C(OC)C(C)(C)C. The zero-order valence-corrected chi connectivity index (χ0v) is 11.4. The Morgan fingerprint density at radius 2 is 2.18 bits per heavy atom. The molecule has 3 N–H and O–H groups in total.